The van der Waals surface area contributed by atoms with E-state index in [0.717, 1.165) is 31.4 Å². The van der Waals surface area contributed by atoms with Crippen molar-refractivity contribution < 1.29 is 14.3 Å². The summed E-state index contributed by atoms with van der Waals surface area (Å²) in [6.07, 6.45) is 2.88. The smallest absolute Gasteiger partial charge is 0.328 e. The Morgan fingerprint density at radius 1 is 1.40 bits per heavy atom. The number of nitrogens with one attached hydrogen (secondary N) is 1. The van der Waals surface area contributed by atoms with Crippen LogP contribution >= 0.6 is 11.3 Å². The lowest BCUT2D eigenvalue weighted by atomic mass is 10.0. The van der Waals surface area contributed by atoms with Crippen LogP contribution < -0.4 is 5.32 Å². The summed E-state index contributed by atoms with van der Waals surface area (Å²) in [5.41, 5.74) is 1.10. The molecule has 3 heterocycles. The van der Waals surface area contributed by atoms with Gasteiger partial charge >= 0.3 is 5.97 Å². The maximum Gasteiger partial charge on any atom is 0.328 e. The summed E-state index contributed by atoms with van der Waals surface area (Å²) in [6, 6.07) is 1.74. The Bertz CT molecular complexity index is 477. The third-order valence-corrected chi connectivity index (χ3v) is 4.96. The molecule has 0 saturated carbocycles. The predicted molar refractivity (Wildman–Crippen MR) is 77.9 cm³/mol. The van der Waals surface area contributed by atoms with Gasteiger partial charge in [-0.3, -0.25) is 0 Å². The average molecular weight is 295 g/mol. The van der Waals surface area contributed by atoms with Crippen molar-refractivity contribution in [2.45, 2.75) is 57.5 Å². The fraction of sp³-hybridized carbons (Fsp3) is 0.667. The zero-order valence-corrected chi connectivity index (χ0v) is 12.7. The molecular weight excluding hydrogens is 274 g/mol. The molecule has 0 bridgehead atoms. The fourth-order valence-electron chi connectivity index (χ4n) is 3.13. The van der Waals surface area contributed by atoms with Gasteiger partial charge in [0.2, 0.25) is 0 Å². The average Bonchev–Trinajstić information content (AvgIpc) is 2.85. The van der Waals surface area contributed by atoms with Crippen LogP contribution in [-0.4, -0.2) is 30.8 Å². The van der Waals surface area contributed by atoms with Crippen LogP contribution in [0.25, 0.3) is 0 Å². The topological polar surface area (TPSA) is 47.6 Å². The lowest BCUT2D eigenvalue weighted by molar-refractivity contribution is -0.162. The van der Waals surface area contributed by atoms with Gasteiger partial charge in [-0.2, -0.15) is 0 Å². The van der Waals surface area contributed by atoms with Crippen molar-refractivity contribution in [1.82, 2.24) is 5.32 Å². The van der Waals surface area contributed by atoms with E-state index < -0.39 is 0 Å². The van der Waals surface area contributed by atoms with Gasteiger partial charge in [0.15, 0.2) is 0 Å². The summed E-state index contributed by atoms with van der Waals surface area (Å²) in [6.45, 7) is 4.91. The van der Waals surface area contributed by atoms with Gasteiger partial charge < -0.3 is 14.8 Å². The maximum atomic E-state index is 12.4. The number of esters is 1. The minimum Gasteiger partial charge on any atom is -0.461 e. The van der Waals surface area contributed by atoms with E-state index in [1.165, 1.54) is 4.88 Å². The first kappa shape index (κ1) is 14.0. The first-order valence-electron chi connectivity index (χ1n) is 7.29. The molecule has 1 N–H and O–H groups in total. The molecule has 0 aromatic carbocycles. The van der Waals surface area contributed by atoms with Crippen LogP contribution in [0, 0.1) is 0 Å². The van der Waals surface area contributed by atoms with Crippen molar-refractivity contribution in [2.24, 2.45) is 0 Å². The van der Waals surface area contributed by atoms with Crippen molar-refractivity contribution >= 4 is 17.3 Å². The van der Waals surface area contributed by atoms with Gasteiger partial charge in [0.05, 0.1) is 12.2 Å². The normalized spacial score (nSPS) is 33.5. The zero-order chi connectivity index (χ0) is 14.1. The summed E-state index contributed by atoms with van der Waals surface area (Å²) in [7, 11) is 0. The van der Waals surface area contributed by atoms with E-state index in [4.69, 9.17) is 9.47 Å². The van der Waals surface area contributed by atoms with E-state index in [1.807, 2.05) is 19.9 Å². The van der Waals surface area contributed by atoms with Gasteiger partial charge in [-0.05, 0) is 37.3 Å². The molecule has 5 heteroatoms. The molecule has 0 aliphatic carbocycles. The van der Waals surface area contributed by atoms with Gasteiger partial charge in [-0.15, -0.1) is 11.3 Å². The van der Waals surface area contributed by atoms with E-state index in [-0.39, 0.29) is 30.3 Å². The highest BCUT2D eigenvalue weighted by Gasteiger charge is 2.32. The van der Waals surface area contributed by atoms with Crippen LogP contribution in [0.2, 0.25) is 0 Å². The van der Waals surface area contributed by atoms with Gasteiger partial charge in [0.25, 0.3) is 0 Å². The second kappa shape index (κ2) is 5.84. The second-order valence-corrected chi connectivity index (χ2v) is 6.72. The number of hydrogen-bond acceptors (Lipinski definition) is 5. The number of rotatable bonds is 2. The SMILES string of the molecule is CC1CC(OC(=O)C2NCCc3sccc32)CC(C)O1. The number of thiophene rings is 1. The Labute approximate surface area is 123 Å². The summed E-state index contributed by atoms with van der Waals surface area (Å²) in [5.74, 6) is -0.143. The van der Waals surface area contributed by atoms with E-state index in [1.54, 1.807) is 11.3 Å². The zero-order valence-electron chi connectivity index (χ0n) is 11.9. The molecule has 110 valence electrons. The van der Waals surface area contributed by atoms with Crippen LogP contribution in [0.15, 0.2) is 11.4 Å². The Hall–Kier alpha value is -0.910. The molecule has 2 aliphatic heterocycles. The number of hydrogen-bond donors (Lipinski definition) is 1. The minimum atomic E-state index is -0.293. The highest BCUT2D eigenvalue weighted by Crippen LogP contribution is 2.30. The van der Waals surface area contributed by atoms with Gasteiger partial charge in [-0.1, -0.05) is 0 Å². The second-order valence-electron chi connectivity index (χ2n) is 5.72. The van der Waals surface area contributed by atoms with Crippen molar-refractivity contribution in [3.8, 4) is 0 Å². The van der Waals surface area contributed by atoms with E-state index in [2.05, 4.69) is 10.7 Å². The van der Waals surface area contributed by atoms with Crippen LogP contribution in [0.5, 0.6) is 0 Å². The first-order chi connectivity index (χ1) is 9.63. The number of fused-ring (bicyclic) bond motifs is 1. The Morgan fingerprint density at radius 2 is 2.15 bits per heavy atom. The van der Waals surface area contributed by atoms with Crippen molar-refractivity contribution in [2.75, 3.05) is 6.54 Å². The molecule has 3 atom stereocenters. The minimum absolute atomic E-state index is 0.0212. The van der Waals surface area contributed by atoms with E-state index in [9.17, 15) is 4.79 Å². The number of carbonyl (C=O) groups excluding carboxylic acids is 1. The number of carbonyl (C=O) groups is 1. The quantitative estimate of drug-likeness (QED) is 0.851. The highest BCUT2D eigenvalue weighted by atomic mass is 32.1. The first-order valence-corrected chi connectivity index (χ1v) is 8.17. The third-order valence-electron chi connectivity index (χ3n) is 3.96. The van der Waals surface area contributed by atoms with E-state index >= 15 is 0 Å². The van der Waals surface area contributed by atoms with Gasteiger partial charge in [-0.25, -0.2) is 4.79 Å². The van der Waals surface area contributed by atoms with Crippen LogP contribution in [0.1, 0.15) is 43.2 Å². The van der Waals surface area contributed by atoms with Crippen LogP contribution in [0.4, 0.5) is 0 Å². The largest absolute Gasteiger partial charge is 0.461 e. The molecular formula is C15H21NO3S. The summed E-state index contributed by atoms with van der Waals surface area (Å²) in [4.78, 5) is 13.7. The molecule has 0 spiro atoms. The van der Waals surface area contributed by atoms with Crippen LogP contribution in [0.3, 0.4) is 0 Å². The highest BCUT2D eigenvalue weighted by molar-refractivity contribution is 7.10. The van der Waals surface area contributed by atoms with Crippen molar-refractivity contribution in [3.05, 3.63) is 21.9 Å². The molecule has 0 radical (unpaired) electrons. The standard InChI is InChI=1S/C15H21NO3S/c1-9-7-11(8-10(2)18-9)19-15(17)14-12-4-6-20-13(12)3-5-16-14/h4,6,9-11,14,16H,3,5,7-8H2,1-2H3. The fourth-order valence-corrected chi connectivity index (χ4v) is 4.05. The lowest BCUT2D eigenvalue weighted by Gasteiger charge is -2.33. The van der Waals surface area contributed by atoms with Gasteiger partial charge in [0.1, 0.15) is 12.1 Å². The van der Waals surface area contributed by atoms with E-state index in [0.29, 0.717) is 0 Å². The van der Waals surface area contributed by atoms with Crippen molar-refractivity contribution in [1.29, 1.82) is 0 Å². The van der Waals surface area contributed by atoms with Crippen molar-refractivity contribution in [3.63, 3.8) is 0 Å². The Kier molecular flexibility index (Phi) is 4.10. The molecule has 2 aliphatic rings. The molecule has 1 aromatic heterocycles. The molecule has 3 rings (SSSR count). The molecule has 0 amide bonds. The summed E-state index contributed by atoms with van der Waals surface area (Å²) >= 11 is 1.73. The molecule has 1 fully saturated rings. The summed E-state index contributed by atoms with van der Waals surface area (Å²) < 4.78 is 11.4. The molecule has 1 saturated heterocycles. The summed E-state index contributed by atoms with van der Waals surface area (Å²) in [5, 5.41) is 5.33. The Balaban J connectivity index is 1.66. The third kappa shape index (κ3) is 2.90. The Morgan fingerprint density at radius 3 is 2.90 bits per heavy atom. The van der Waals surface area contributed by atoms with Gasteiger partial charge in [0, 0.05) is 24.3 Å². The number of ether oxygens (including phenoxy) is 2. The monoisotopic (exact) mass is 295 g/mol. The maximum absolute atomic E-state index is 12.4. The van der Waals surface area contributed by atoms with Crippen LogP contribution in [-0.2, 0) is 20.7 Å². The molecule has 1 aromatic rings. The predicted octanol–water partition coefficient (Wildman–Crippen LogP) is 2.43. The molecule has 4 nitrogen and oxygen atoms in total. The molecule has 3 unspecified atom stereocenters. The molecule has 20 heavy (non-hydrogen) atoms. The lowest BCUT2D eigenvalue weighted by Crippen LogP contribution is -2.40.